The number of para-hydroxylation sites is 1. The van der Waals surface area contributed by atoms with Crippen LogP contribution in [0.3, 0.4) is 0 Å². The summed E-state index contributed by atoms with van der Waals surface area (Å²) in [6, 6.07) is 6.36. The van der Waals surface area contributed by atoms with Crippen LogP contribution < -0.4 is 0 Å². The fourth-order valence-corrected chi connectivity index (χ4v) is 3.65. The molecule has 1 aliphatic carbocycles. The molecule has 8 heteroatoms. The predicted octanol–water partition coefficient (Wildman–Crippen LogP) is 4.28. The summed E-state index contributed by atoms with van der Waals surface area (Å²) >= 11 is 9.81. The van der Waals surface area contributed by atoms with Crippen LogP contribution in [0.5, 0.6) is 0 Å². The van der Waals surface area contributed by atoms with Crippen LogP contribution in [0, 0.1) is 0 Å². The molecule has 5 rings (SSSR count). The fourth-order valence-electron chi connectivity index (χ4n) is 2.99. The van der Waals surface area contributed by atoms with Gasteiger partial charge in [-0.3, -0.25) is 4.68 Å². The van der Waals surface area contributed by atoms with Crippen molar-refractivity contribution in [2.45, 2.75) is 25.3 Å². The zero-order valence-electron chi connectivity index (χ0n) is 12.5. The molecule has 0 aliphatic heterocycles. The monoisotopic (exact) mass is 402 g/mol. The molecule has 120 valence electrons. The summed E-state index contributed by atoms with van der Waals surface area (Å²) in [5, 5.41) is 10.2. The van der Waals surface area contributed by atoms with E-state index < -0.39 is 0 Å². The summed E-state index contributed by atoms with van der Waals surface area (Å²) in [7, 11) is 0. The highest BCUT2D eigenvalue weighted by Gasteiger charge is 2.21. The van der Waals surface area contributed by atoms with Crippen molar-refractivity contribution in [3.63, 3.8) is 0 Å². The summed E-state index contributed by atoms with van der Waals surface area (Å²) in [5.41, 5.74) is 2.36. The topological polar surface area (TPSA) is 60.9 Å². The Morgan fingerprint density at radius 2 is 2.08 bits per heavy atom. The van der Waals surface area contributed by atoms with Gasteiger partial charge in [0.1, 0.15) is 0 Å². The Hall–Kier alpha value is -1.99. The molecule has 6 nitrogen and oxygen atoms in total. The lowest BCUT2D eigenvalue weighted by Crippen LogP contribution is -2.16. The lowest BCUT2D eigenvalue weighted by atomic mass is 9.93. The predicted molar refractivity (Wildman–Crippen MR) is 95.1 cm³/mol. The number of benzene rings is 1. The van der Waals surface area contributed by atoms with Crippen molar-refractivity contribution in [3.8, 4) is 11.4 Å². The van der Waals surface area contributed by atoms with Gasteiger partial charge < -0.3 is 0 Å². The van der Waals surface area contributed by atoms with Crippen LogP contribution in [-0.2, 0) is 0 Å². The van der Waals surface area contributed by atoms with Gasteiger partial charge in [-0.25, -0.2) is 9.97 Å². The zero-order chi connectivity index (χ0) is 16.3. The minimum atomic E-state index is 0.287. The molecule has 0 spiro atoms. The molecule has 0 saturated heterocycles. The van der Waals surface area contributed by atoms with Crippen LogP contribution in [0.4, 0.5) is 0 Å². The first kappa shape index (κ1) is 14.4. The Morgan fingerprint density at radius 3 is 2.88 bits per heavy atom. The number of hydrogen-bond acceptors (Lipinski definition) is 4. The normalized spacial score (nSPS) is 15.2. The Morgan fingerprint density at radius 1 is 1.21 bits per heavy atom. The van der Waals surface area contributed by atoms with Crippen molar-refractivity contribution in [2.75, 3.05) is 0 Å². The zero-order valence-corrected chi connectivity index (χ0v) is 14.9. The number of nitrogens with zero attached hydrogens (tertiary/aromatic N) is 6. The first-order valence-electron chi connectivity index (χ1n) is 7.76. The molecule has 0 radical (unpaired) electrons. The van der Waals surface area contributed by atoms with Crippen molar-refractivity contribution >= 4 is 44.1 Å². The fraction of sp³-hybridized carbons (Fsp3) is 0.250. The Labute approximate surface area is 150 Å². The molecular weight excluding hydrogens is 392 g/mol. The number of aromatic nitrogens is 6. The van der Waals surface area contributed by atoms with E-state index in [2.05, 4.69) is 36.1 Å². The minimum Gasteiger partial charge on any atom is -0.269 e. The van der Waals surface area contributed by atoms with Gasteiger partial charge in [-0.15, -0.1) is 5.10 Å². The van der Waals surface area contributed by atoms with Crippen molar-refractivity contribution in [3.05, 3.63) is 40.3 Å². The molecule has 1 fully saturated rings. The summed E-state index contributed by atoms with van der Waals surface area (Å²) in [6.07, 6.45) is 7.47. The van der Waals surface area contributed by atoms with E-state index in [4.69, 9.17) is 11.6 Å². The average Bonchev–Trinajstić information content (AvgIpc) is 3.14. The molecule has 0 amide bonds. The van der Waals surface area contributed by atoms with Gasteiger partial charge in [-0.1, -0.05) is 6.07 Å². The van der Waals surface area contributed by atoms with E-state index in [1.807, 2.05) is 35.3 Å². The summed E-state index contributed by atoms with van der Waals surface area (Å²) in [4.78, 5) is 9.11. The van der Waals surface area contributed by atoms with Crippen LogP contribution in [-0.4, -0.2) is 29.4 Å². The summed E-state index contributed by atoms with van der Waals surface area (Å²) in [6.45, 7) is 0. The molecule has 24 heavy (non-hydrogen) atoms. The maximum Gasteiger partial charge on any atom is 0.226 e. The van der Waals surface area contributed by atoms with Crippen LogP contribution >= 0.6 is 27.5 Å². The highest BCUT2D eigenvalue weighted by atomic mass is 79.9. The van der Waals surface area contributed by atoms with Crippen molar-refractivity contribution in [1.29, 1.82) is 0 Å². The highest BCUT2D eigenvalue weighted by molar-refractivity contribution is 9.10. The maximum absolute atomic E-state index is 6.30. The highest BCUT2D eigenvalue weighted by Crippen LogP contribution is 2.32. The molecule has 3 aromatic heterocycles. The number of fused-ring (bicyclic) bond motifs is 3. The van der Waals surface area contributed by atoms with Gasteiger partial charge in [0, 0.05) is 16.1 Å². The van der Waals surface area contributed by atoms with Crippen LogP contribution in [0.15, 0.2) is 35.1 Å². The first-order valence-corrected chi connectivity index (χ1v) is 8.93. The average molecular weight is 404 g/mol. The van der Waals surface area contributed by atoms with Crippen LogP contribution in [0.25, 0.3) is 27.9 Å². The van der Waals surface area contributed by atoms with Crippen LogP contribution in [0.1, 0.15) is 25.3 Å². The van der Waals surface area contributed by atoms with E-state index >= 15 is 0 Å². The third kappa shape index (κ3) is 2.08. The molecule has 4 aromatic rings. The van der Waals surface area contributed by atoms with Gasteiger partial charge in [0.05, 0.1) is 23.3 Å². The second kappa shape index (κ2) is 5.26. The van der Waals surface area contributed by atoms with E-state index in [1.165, 1.54) is 19.3 Å². The summed E-state index contributed by atoms with van der Waals surface area (Å²) < 4.78 is 4.47. The van der Waals surface area contributed by atoms with Gasteiger partial charge in [-0.2, -0.15) is 9.61 Å². The van der Waals surface area contributed by atoms with E-state index in [-0.39, 0.29) is 5.28 Å². The first-order chi connectivity index (χ1) is 11.7. The van der Waals surface area contributed by atoms with Crippen LogP contribution in [0.2, 0.25) is 5.28 Å². The van der Waals surface area contributed by atoms with E-state index in [9.17, 15) is 0 Å². The van der Waals surface area contributed by atoms with Gasteiger partial charge in [-0.05, 0) is 58.9 Å². The van der Waals surface area contributed by atoms with Gasteiger partial charge in [0.2, 0.25) is 5.28 Å². The molecule has 1 aliphatic rings. The van der Waals surface area contributed by atoms with Gasteiger partial charge in [0.25, 0.3) is 0 Å². The molecule has 0 N–H and O–H groups in total. The number of hydrogen-bond donors (Lipinski definition) is 0. The molecule has 0 bridgehead atoms. The Bertz CT molecular complexity index is 1080. The largest absolute Gasteiger partial charge is 0.269 e. The molecular formula is C16H12BrClN6. The molecule has 3 heterocycles. The van der Waals surface area contributed by atoms with Crippen molar-refractivity contribution < 1.29 is 0 Å². The number of halogens is 2. The molecule has 1 saturated carbocycles. The second-order valence-electron chi connectivity index (χ2n) is 5.98. The molecule has 0 unspecified atom stereocenters. The third-order valence-electron chi connectivity index (χ3n) is 4.52. The minimum absolute atomic E-state index is 0.287. The Balaban J connectivity index is 1.70. The standard InChI is InChI=1S/C16H12BrClN6/c17-12-6-2-5-11-13(12)20-16(18)24-15(11)21-14(22-24)9-7-19-23(8-9)10-3-1-4-10/h2,5-8,10H,1,3-4H2. The second-order valence-corrected chi connectivity index (χ2v) is 7.17. The van der Waals surface area contributed by atoms with E-state index in [0.29, 0.717) is 17.5 Å². The number of rotatable bonds is 2. The van der Waals surface area contributed by atoms with E-state index in [0.717, 1.165) is 20.9 Å². The van der Waals surface area contributed by atoms with Gasteiger partial charge in [0.15, 0.2) is 11.5 Å². The van der Waals surface area contributed by atoms with Crippen molar-refractivity contribution in [2.24, 2.45) is 0 Å². The smallest absolute Gasteiger partial charge is 0.226 e. The molecule has 0 atom stereocenters. The van der Waals surface area contributed by atoms with Gasteiger partial charge >= 0.3 is 0 Å². The third-order valence-corrected chi connectivity index (χ3v) is 5.41. The Kier molecular flexibility index (Phi) is 3.14. The quantitative estimate of drug-likeness (QED) is 0.469. The maximum atomic E-state index is 6.30. The van der Waals surface area contributed by atoms with Crippen molar-refractivity contribution in [1.82, 2.24) is 29.4 Å². The molecule has 1 aromatic carbocycles. The lowest BCUT2D eigenvalue weighted by molar-refractivity contribution is 0.289. The summed E-state index contributed by atoms with van der Waals surface area (Å²) in [5.74, 6) is 0.608. The lowest BCUT2D eigenvalue weighted by Gasteiger charge is -2.25. The SMILES string of the molecule is Clc1nc2c(Br)cccc2c2nc(-c3cnn(C4CCC4)c3)nn12. The van der Waals surface area contributed by atoms with E-state index in [1.54, 1.807) is 4.52 Å².